The fraction of sp³-hybridized carbons (Fsp3) is 0.154. The Hall–Kier alpha value is -1.16. The molecule has 2 rings (SSSR count). The van der Waals surface area contributed by atoms with Crippen molar-refractivity contribution in [2.24, 2.45) is 0 Å². The number of rotatable bonds is 2. The van der Waals surface area contributed by atoms with Crippen molar-refractivity contribution in [1.29, 1.82) is 0 Å². The van der Waals surface area contributed by atoms with Crippen molar-refractivity contribution in [3.63, 3.8) is 0 Å². The van der Waals surface area contributed by atoms with Gasteiger partial charge in [0, 0.05) is 22.3 Å². The summed E-state index contributed by atoms with van der Waals surface area (Å²) >= 11 is 11.8. The lowest BCUT2D eigenvalue weighted by Crippen LogP contribution is -1.96. The summed E-state index contributed by atoms with van der Waals surface area (Å²) in [7, 11) is 0. The molecule has 1 aromatic carbocycles. The second-order valence-corrected chi connectivity index (χ2v) is 4.73. The number of aromatic nitrogens is 1. The molecule has 0 spiro atoms. The van der Waals surface area contributed by atoms with Gasteiger partial charge in [-0.25, -0.2) is 4.39 Å². The normalized spacial score (nSPS) is 12.5. The largest absolute Gasteiger partial charge is 0.389 e. The van der Waals surface area contributed by atoms with Gasteiger partial charge in [0.25, 0.3) is 0 Å². The van der Waals surface area contributed by atoms with Crippen LogP contribution < -0.4 is 0 Å². The van der Waals surface area contributed by atoms with Crippen molar-refractivity contribution in [3.8, 4) is 11.3 Å². The van der Waals surface area contributed by atoms with Crippen LogP contribution in [0.25, 0.3) is 11.3 Å². The van der Waals surface area contributed by atoms with Crippen molar-refractivity contribution in [1.82, 2.24) is 4.98 Å². The summed E-state index contributed by atoms with van der Waals surface area (Å²) in [6, 6.07) is 5.73. The van der Waals surface area contributed by atoms with Crippen LogP contribution >= 0.6 is 23.2 Å². The quantitative estimate of drug-likeness (QED) is 0.895. The summed E-state index contributed by atoms with van der Waals surface area (Å²) in [5, 5.41) is 10.2. The number of hydrogen-bond acceptors (Lipinski definition) is 2. The molecule has 0 radical (unpaired) electrons. The third kappa shape index (κ3) is 2.64. The zero-order valence-electron chi connectivity index (χ0n) is 9.49. The van der Waals surface area contributed by atoms with Crippen LogP contribution in [0.5, 0.6) is 0 Å². The van der Waals surface area contributed by atoms with Crippen molar-refractivity contribution in [2.75, 3.05) is 0 Å². The first kappa shape index (κ1) is 13.3. The van der Waals surface area contributed by atoms with E-state index in [1.807, 2.05) is 0 Å². The Bertz CT molecular complexity index is 587. The van der Waals surface area contributed by atoms with Crippen molar-refractivity contribution in [3.05, 3.63) is 51.9 Å². The van der Waals surface area contributed by atoms with E-state index in [0.717, 1.165) is 0 Å². The molecule has 1 unspecified atom stereocenters. The first-order valence-electron chi connectivity index (χ1n) is 5.28. The highest BCUT2D eigenvalue weighted by molar-refractivity contribution is 6.32. The van der Waals surface area contributed by atoms with Crippen molar-refractivity contribution in [2.45, 2.75) is 13.0 Å². The summed E-state index contributed by atoms with van der Waals surface area (Å²) in [6.07, 6.45) is 0.714. The fourth-order valence-electron chi connectivity index (χ4n) is 1.59. The molecule has 2 aromatic rings. The lowest BCUT2D eigenvalue weighted by atomic mass is 10.1. The van der Waals surface area contributed by atoms with Gasteiger partial charge in [-0.05, 0) is 31.2 Å². The molecule has 1 N–H and O–H groups in total. The average molecular weight is 286 g/mol. The number of halogens is 3. The average Bonchev–Trinajstić information content (AvgIpc) is 2.31. The number of nitrogens with zero attached hydrogens (tertiary/aromatic N) is 1. The summed E-state index contributed by atoms with van der Waals surface area (Å²) in [5.74, 6) is -0.423. The molecular formula is C13H10Cl2FNO. The summed E-state index contributed by atoms with van der Waals surface area (Å²) in [4.78, 5) is 4.09. The van der Waals surface area contributed by atoms with E-state index in [9.17, 15) is 9.50 Å². The van der Waals surface area contributed by atoms with E-state index in [4.69, 9.17) is 23.2 Å². The lowest BCUT2D eigenvalue weighted by Gasteiger charge is -2.09. The predicted octanol–water partition coefficient (Wildman–Crippen LogP) is 4.25. The fourth-order valence-corrected chi connectivity index (χ4v) is 2.07. The van der Waals surface area contributed by atoms with Crippen molar-refractivity contribution >= 4 is 23.2 Å². The topological polar surface area (TPSA) is 33.1 Å². The standard InChI is InChI=1S/C13H10Cl2FNO/c1-7(18)10-6-17-13(5-11(10)15)9-4-8(14)2-3-12(9)16/h2-7,18H,1H3. The van der Waals surface area contributed by atoms with Gasteiger partial charge >= 0.3 is 0 Å². The maximum atomic E-state index is 13.7. The summed E-state index contributed by atoms with van der Waals surface area (Å²) < 4.78 is 13.7. The number of aliphatic hydroxyl groups is 1. The molecule has 0 saturated carbocycles. The molecule has 0 aliphatic rings. The third-order valence-electron chi connectivity index (χ3n) is 2.54. The Balaban J connectivity index is 2.52. The van der Waals surface area contributed by atoms with E-state index in [0.29, 0.717) is 21.3 Å². The van der Waals surface area contributed by atoms with Gasteiger partial charge in [-0.15, -0.1) is 0 Å². The molecular weight excluding hydrogens is 276 g/mol. The molecule has 18 heavy (non-hydrogen) atoms. The second kappa shape index (κ2) is 5.22. The van der Waals surface area contributed by atoms with E-state index in [1.54, 1.807) is 6.92 Å². The van der Waals surface area contributed by atoms with Crippen LogP contribution in [-0.4, -0.2) is 10.1 Å². The Labute approximate surface area is 114 Å². The molecule has 0 aliphatic heterocycles. The van der Waals surface area contributed by atoms with Gasteiger partial charge in [-0.1, -0.05) is 23.2 Å². The van der Waals surface area contributed by atoms with Gasteiger partial charge in [0.15, 0.2) is 0 Å². The smallest absolute Gasteiger partial charge is 0.132 e. The highest BCUT2D eigenvalue weighted by Crippen LogP contribution is 2.29. The molecule has 0 saturated heterocycles. The molecule has 5 heteroatoms. The van der Waals surface area contributed by atoms with Gasteiger partial charge in [-0.2, -0.15) is 0 Å². The van der Waals surface area contributed by atoms with Crippen LogP contribution in [0.2, 0.25) is 10.0 Å². The molecule has 0 amide bonds. The Kier molecular flexibility index (Phi) is 3.85. The Morgan fingerprint density at radius 3 is 2.61 bits per heavy atom. The number of hydrogen-bond donors (Lipinski definition) is 1. The zero-order chi connectivity index (χ0) is 13.3. The molecule has 0 fully saturated rings. The van der Waals surface area contributed by atoms with Crippen LogP contribution in [0.1, 0.15) is 18.6 Å². The minimum absolute atomic E-state index is 0.279. The Morgan fingerprint density at radius 1 is 1.28 bits per heavy atom. The predicted molar refractivity (Wildman–Crippen MR) is 70.3 cm³/mol. The lowest BCUT2D eigenvalue weighted by molar-refractivity contribution is 0.199. The SMILES string of the molecule is CC(O)c1cnc(-c2cc(Cl)ccc2F)cc1Cl. The first-order valence-corrected chi connectivity index (χ1v) is 6.03. The minimum atomic E-state index is -0.719. The molecule has 0 aliphatic carbocycles. The van der Waals surface area contributed by atoms with Crippen LogP contribution in [0.3, 0.4) is 0 Å². The minimum Gasteiger partial charge on any atom is -0.389 e. The van der Waals surface area contributed by atoms with Gasteiger partial charge in [-0.3, -0.25) is 4.98 Å². The van der Waals surface area contributed by atoms with Crippen LogP contribution in [0.15, 0.2) is 30.5 Å². The van der Waals surface area contributed by atoms with E-state index >= 15 is 0 Å². The summed E-state index contributed by atoms with van der Waals surface area (Å²) in [5.41, 5.74) is 1.16. The molecule has 0 bridgehead atoms. The van der Waals surface area contributed by atoms with E-state index in [2.05, 4.69) is 4.98 Å². The molecule has 1 aromatic heterocycles. The van der Waals surface area contributed by atoms with Crippen LogP contribution in [0.4, 0.5) is 4.39 Å². The highest BCUT2D eigenvalue weighted by Gasteiger charge is 2.12. The highest BCUT2D eigenvalue weighted by atomic mass is 35.5. The Morgan fingerprint density at radius 2 is 2.00 bits per heavy atom. The van der Waals surface area contributed by atoms with E-state index in [1.165, 1.54) is 30.5 Å². The van der Waals surface area contributed by atoms with Crippen LogP contribution in [-0.2, 0) is 0 Å². The summed E-state index contributed by atoms with van der Waals surface area (Å²) in [6.45, 7) is 1.59. The zero-order valence-corrected chi connectivity index (χ0v) is 11.0. The monoisotopic (exact) mass is 285 g/mol. The van der Waals surface area contributed by atoms with Gasteiger partial charge < -0.3 is 5.11 Å². The van der Waals surface area contributed by atoms with Crippen molar-refractivity contribution < 1.29 is 9.50 Å². The van der Waals surface area contributed by atoms with Gasteiger partial charge in [0.2, 0.25) is 0 Å². The number of aliphatic hydroxyl groups excluding tert-OH is 1. The van der Waals surface area contributed by atoms with E-state index in [-0.39, 0.29) is 5.56 Å². The molecule has 1 atom stereocenters. The van der Waals surface area contributed by atoms with Gasteiger partial charge in [0.1, 0.15) is 5.82 Å². The first-order chi connectivity index (χ1) is 8.49. The van der Waals surface area contributed by atoms with Crippen LogP contribution in [0, 0.1) is 5.82 Å². The molecule has 1 heterocycles. The maximum absolute atomic E-state index is 13.7. The maximum Gasteiger partial charge on any atom is 0.132 e. The number of pyridine rings is 1. The third-order valence-corrected chi connectivity index (χ3v) is 3.10. The van der Waals surface area contributed by atoms with E-state index < -0.39 is 11.9 Å². The number of benzene rings is 1. The molecule has 2 nitrogen and oxygen atoms in total. The molecule has 94 valence electrons. The van der Waals surface area contributed by atoms with Gasteiger partial charge in [0.05, 0.1) is 16.8 Å². The second-order valence-electron chi connectivity index (χ2n) is 3.89.